The lowest BCUT2D eigenvalue weighted by molar-refractivity contribution is 0.312. The molecule has 2 aliphatic heterocycles. The highest BCUT2D eigenvalue weighted by molar-refractivity contribution is 5.80. The van der Waals surface area contributed by atoms with Crippen molar-refractivity contribution in [3.8, 4) is 0 Å². The molecule has 4 rings (SSSR count). The molecule has 6 nitrogen and oxygen atoms in total. The van der Waals surface area contributed by atoms with Crippen molar-refractivity contribution in [1.82, 2.24) is 20.1 Å². The van der Waals surface area contributed by atoms with Gasteiger partial charge in [0.1, 0.15) is 5.82 Å². The summed E-state index contributed by atoms with van der Waals surface area (Å²) in [6, 6.07) is 15.1. The maximum Gasteiger partial charge on any atom is 0.193 e. The first-order valence-corrected chi connectivity index (χ1v) is 10.6. The zero-order valence-electron chi connectivity index (χ0n) is 17.6. The first-order chi connectivity index (χ1) is 14.2. The van der Waals surface area contributed by atoms with Crippen LogP contribution in [0.5, 0.6) is 0 Å². The van der Waals surface area contributed by atoms with E-state index in [1.807, 2.05) is 13.2 Å². The van der Waals surface area contributed by atoms with Crippen LogP contribution in [0.15, 0.2) is 53.7 Å². The molecule has 0 bridgehead atoms. The summed E-state index contributed by atoms with van der Waals surface area (Å²) in [5.74, 6) is 2.64. The Morgan fingerprint density at radius 3 is 2.55 bits per heavy atom. The molecule has 1 atom stereocenters. The third kappa shape index (κ3) is 4.88. The molecule has 0 radical (unpaired) electrons. The number of piperazine rings is 1. The lowest BCUT2D eigenvalue weighted by Gasteiger charge is -2.33. The van der Waals surface area contributed by atoms with Gasteiger partial charge in [0, 0.05) is 65.0 Å². The standard InChI is InChI=1S/C23H32N6/c1-24-23(29-11-10-21(18-29)20-6-4-3-5-7-20)26-17-19-8-9-22(25-16-19)28-14-12-27(2)13-15-28/h3-9,16,21H,10-15,17-18H2,1-2H3,(H,24,26). The van der Waals surface area contributed by atoms with Gasteiger partial charge in [-0.3, -0.25) is 4.99 Å². The van der Waals surface area contributed by atoms with Crippen molar-refractivity contribution in [1.29, 1.82) is 0 Å². The summed E-state index contributed by atoms with van der Waals surface area (Å²) in [5, 5.41) is 3.52. The number of rotatable bonds is 4. The number of aromatic nitrogens is 1. The Hall–Kier alpha value is -2.60. The van der Waals surface area contributed by atoms with Crippen LogP contribution in [0.2, 0.25) is 0 Å². The van der Waals surface area contributed by atoms with E-state index in [0.717, 1.165) is 57.6 Å². The van der Waals surface area contributed by atoms with Gasteiger partial charge in [-0.2, -0.15) is 0 Å². The number of likely N-dealkylation sites (N-methyl/N-ethyl adjacent to an activating group) is 1. The average Bonchev–Trinajstić information content (AvgIpc) is 3.26. The molecule has 0 spiro atoms. The molecule has 1 aromatic carbocycles. The highest BCUT2D eigenvalue weighted by atomic mass is 15.3. The number of pyridine rings is 1. The molecule has 0 saturated carbocycles. The number of hydrogen-bond donors (Lipinski definition) is 1. The fraction of sp³-hybridized carbons (Fsp3) is 0.478. The van der Waals surface area contributed by atoms with Gasteiger partial charge in [-0.05, 0) is 30.7 Å². The molecular formula is C23H32N6. The molecule has 0 amide bonds. The number of benzene rings is 1. The molecule has 154 valence electrons. The van der Waals surface area contributed by atoms with E-state index in [9.17, 15) is 0 Å². The predicted octanol–water partition coefficient (Wildman–Crippen LogP) is 2.40. The Bertz CT molecular complexity index is 796. The molecular weight excluding hydrogens is 360 g/mol. The maximum atomic E-state index is 4.69. The second kappa shape index (κ2) is 9.27. The third-order valence-electron chi connectivity index (χ3n) is 6.06. The highest BCUT2D eigenvalue weighted by Crippen LogP contribution is 2.26. The molecule has 0 aliphatic carbocycles. The topological polar surface area (TPSA) is 47.0 Å². The number of anilines is 1. The quantitative estimate of drug-likeness (QED) is 0.640. The summed E-state index contributed by atoms with van der Waals surface area (Å²) in [5.41, 5.74) is 2.61. The summed E-state index contributed by atoms with van der Waals surface area (Å²) < 4.78 is 0. The van der Waals surface area contributed by atoms with E-state index in [0.29, 0.717) is 5.92 Å². The van der Waals surface area contributed by atoms with Crippen LogP contribution in [0.1, 0.15) is 23.5 Å². The van der Waals surface area contributed by atoms with E-state index in [-0.39, 0.29) is 0 Å². The van der Waals surface area contributed by atoms with Gasteiger partial charge in [0.15, 0.2) is 5.96 Å². The number of hydrogen-bond acceptors (Lipinski definition) is 4. The summed E-state index contributed by atoms with van der Waals surface area (Å²) in [4.78, 5) is 16.3. The van der Waals surface area contributed by atoms with Crippen LogP contribution in [0.25, 0.3) is 0 Å². The molecule has 3 heterocycles. The number of likely N-dealkylation sites (tertiary alicyclic amines) is 1. The molecule has 1 N–H and O–H groups in total. The van der Waals surface area contributed by atoms with Crippen molar-refractivity contribution in [3.63, 3.8) is 0 Å². The summed E-state index contributed by atoms with van der Waals surface area (Å²) in [7, 11) is 4.04. The summed E-state index contributed by atoms with van der Waals surface area (Å²) in [6.45, 7) is 7.10. The zero-order chi connectivity index (χ0) is 20.1. The van der Waals surface area contributed by atoms with Gasteiger partial charge in [-0.15, -0.1) is 0 Å². The van der Waals surface area contributed by atoms with E-state index in [1.165, 1.54) is 17.5 Å². The molecule has 2 aliphatic rings. The summed E-state index contributed by atoms with van der Waals surface area (Å²) >= 11 is 0. The van der Waals surface area contributed by atoms with E-state index < -0.39 is 0 Å². The molecule has 6 heteroatoms. The van der Waals surface area contributed by atoms with Crippen LogP contribution in [-0.4, -0.2) is 74.1 Å². The average molecular weight is 393 g/mol. The summed E-state index contributed by atoms with van der Waals surface area (Å²) in [6.07, 6.45) is 3.16. The van der Waals surface area contributed by atoms with Crippen molar-refractivity contribution in [3.05, 3.63) is 59.8 Å². The second-order valence-corrected chi connectivity index (χ2v) is 8.06. The number of nitrogens with zero attached hydrogens (tertiary/aromatic N) is 5. The Balaban J connectivity index is 1.30. The SMILES string of the molecule is CN=C(NCc1ccc(N2CCN(C)CC2)nc1)N1CCC(c2ccccc2)C1. The van der Waals surface area contributed by atoms with Crippen molar-refractivity contribution in [2.75, 3.05) is 58.3 Å². The van der Waals surface area contributed by atoms with Gasteiger partial charge in [-0.1, -0.05) is 36.4 Å². The van der Waals surface area contributed by atoms with Gasteiger partial charge >= 0.3 is 0 Å². The van der Waals surface area contributed by atoms with Crippen LogP contribution in [0, 0.1) is 0 Å². The molecule has 2 aromatic rings. The first-order valence-electron chi connectivity index (χ1n) is 10.6. The van der Waals surface area contributed by atoms with E-state index in [1.54, 1.807) is 0 Å². The Morgan fingerprint density at radius 2 is 1.86 bits per heavy atom. The van der Waals surface area contributed by atoms with Crippen LogP contribution >= 0.6 is 0 Å². The second-order valence-electron chi connectivity index (χ2n) is 8.06. The minimum atomic E-state index is 0.583. The lowest BCUT2D eigenvalue weighted by Crippen LogP contribution is -2.44. The number of guanidine groups is 1. The van der Waals surface area contributed by atoms with Gasteiger partial charge in [0.05, 0.1) is 0 Å². The largest absolute Gasteiger partial charge is 0.354 e. The van der Waals surface area contributed by atoms with Crippen LogP contribution in [0.4, 0.5) is 5.82 Å². The maximum absolute atomic E-state index is 4.69. The highest BCUT2D eigenvalue weighted by Gasteiger charge is 2.25. The molecule has 2 saturated heterocycles. The van der Waals surface area contributed by atoms with Gasteiger partial charge in [0.25, 0.3) is 0 Å². The number of aliphatic imine (C=N–C) groups is 1. The van der Waals surface area contributed by atoms with E-state index >= 15 is 0 Å². The van der Waals surface area contributed by atoms with Gasteiger partial charge in [-0.25, -0.2) is 4.98 Å². The normalized spacial score (nSPS) is 20.9. The zero-order valence-corrected chi connectivity index (χ0v) is 17.6. The number of nitrogens with one attached hydrogen (secondary N) is 1. The van der Waals surface area contributed by atoms with Gasteiger partial charge in [0.2, 0.25) is 0 Å². The Labute approximate surface area is 174 Å². The van der Waals surface area contributed by atoms with Crippen molar-refractivity contribution < 1.29 is 0 Å². The van der Waals surface area contributed by atoms with Crippen molar-refractivity contribution in [2.24, 2.45) is 4.99 Å². The van der Waals surface area contributed by atoms with E-state index in [4.69, 9.17) is 4.98 Å². The smallest absolute Gasteiger partial charge is 0.193 e. The molecule has 2 fully saturated rings. The van der Waals surface area contributed by atoms with Crippen molar-refractivity contribution >= 4 is 11.8 Å². The Morgan fingerprint density at radius 1 is 1.07 bits per heavy atom. The molecule has 1 unspecified atom stereocenters. The van der Waals surface area contributed by atoms with E-state index in [2.05, 4.69) is 74.5 Å². The molecule has 1 aromatic heterocycles. The Kier molecular flexibility index (Phi) is 6.30. The van der Waals surface area contributed by atoms with Crippen LogP contribution < -0.4 is 10.2 Å². The van der Waals surface area contributed by atoms with Gasteiger partial charge < -0.3 is 20.0 Å². The van der Waals surface area contributed by atoms with Crippen LogP contribution in [0.3, 0.4) is 0 Å². The predicted molar refractivity (Wildman–Crippen MR) is 120 cm³/mol. The fourth-order valence-corrected chi connectivity index (χ4v) is 4.21. The van der Waals surface area contributed by atoms with Crippen molar-refractivity contribution in [2.45, 2.75) is 18.9 Å². The minimum Gasteiger partial charge on any atom is -0.354 e. The van der Waals surface area contributed by atoms with Crippen LogP contribution in [-0.2, 0) is 6.54 Å². The third-order valence-corrected chi connectivity index (χ3v) is 6.06. The fourth-order valence-electron chi connectivity index (χ4n) is 4.21. The minimum absolute atomic E-state index is 0.583. The monoisotopic (exact) mass is 392 g/mol. The lowest BCUT2D eigenvalue weighted by atomic mass is 9.99. The first kappa shape index (κ1) is 19.7. The molecule has 29 heavy (non-hydrogen) atoms.